The average Bonchev–Trinajstić information content (AvgIpc) is 3.17. The van der Waals surface area contributed by atoms with Crippen molar-refractivity contribution in [2.24, 2.45) is 0 Å². The Hall–Kier alpha value is -3.75. The fourth-order valence-electron chi connectivity index (χ4n) is 3.02. The first kappa shape index (κ1) is 20.0. The number of nitro benzene ring substituents is 1. The largest absolute Gasteiger partial charge is 0.478 e. The maximum absolute atomic E-state index is 12.5. The minimum atomic E-state index is -0.719. The number of benzene rings is 2. The second kappa shape index (κ2) is 8.51. The van der Waals surface area contributed by atoms with Gasteiger partial charge in [0.15, 0.2) is 18.1 Å². The molecule has 1 aliphatic rings. The van der Waals surface area contributed by atoms with Crippen LogP contribution < -0.4 is 9.64 Å². The van der Waals surface area contributed by atoms with E-state index in [4.69, 9.17) is 4.74 Å². The maximum Gasteiger partial charge on any atom is 0.338 e. The number of carbonyl (C=O) groups is 3. The lowest BCUT2D eigenvalue weighted by Gasteiger charge is -2.16. The first-order chi connectivity index (χ1) is 13.9. The molecule has 2 aromatic rings. The third-order valence-corrected chi connectivity index (χ3v) is 4.49. The van der Waals surface area contributed by atoms with Gasteiger partial charge in [-0.15, -0.1) is 0 Å². The molecular formula is C20H18N2O7. The second-order valence-electron chi connectivity index (χ2n) is 6.34. The molecule has 9 nitrogen and oxygen atoms in total. The van der Waals surface area contributed by atoms with Crippen molar-refractivity contribution in [2.75, 3.05) is 25.2 Å². The molecule has 29 heavy (non-hydrogen) atoms. The van der Waals surface area contributed by atoms with Crippen LogP contribution in [-0.4, -0.2) is 42.8 Å². The van der Waals surface area contributed by atoms with Crippen molar-refractivity contribution in [2.45, 2.75) is 12.8 Å². The Morgan fingerprint density at radius 1 is 1.17 bits per heavy atom. The molecule has 2 aromatic carbocycles. The lowest BCUT2D eigenvalue weighted by atomic mass is 10.1. The highest BCUT2D eigenvalue weighted by atomic mass is 16.6. The number of hydrogen-bond donors (Lipinski definition) is 0. The van der Waals surface area contributed by atoms with Crippen molar-refractivity contribution in [3.8, 4) is 5.75 Å². The summed E-state index contributed by atoms with van der Waals surface area (Å²) in [6, 6.07) is 10.2. The van der Waals surface area contributed by atoms with Crippen molar-refractivity contribution in [1.82, 2.24) is 0 Å². The molecule has 0 radical (unpaired) electrons. The molecule has 0 atom stereocenters. The zero-order chi connectivity index (χ0) is 21.0. The predicted molar refractivity (Wildman–Crippen MR) is 102 cm³/mol. The smallest absolute Gasteiger partial charge is 0.338 e. The number of hydrogen-bond acceptors (Lipinski definition) is 7. The van der Waals surface area contributed by atoms with Gasteiger partial charge in [-0.05, 0) is 30.7 Å². The number of nitro groups is 1. The molecular weight excluding hydrogens is 380 g/mol. The fourth-order valence-corrected chi connectivity index (χ4v) is 3.02. The quantitative estimate of drug-likeness (QED) is 0.305. The zero-order valence-corrected chi connectivity index (χ0v) is 15.6. The van der Waals surface area contributed by atoms with Crippen LogP contribution in [0.1, 0.15) is 33.6 Å². The summed E-state index contributed by atoms with van der Waals surface area (Å²) in [5.74, 6) is -1.25. The Bertz CT molecular complexity index is 987. The van der Waals surface area contributed by atoms with Gasteiger partial charge >= 0.3 is 11.7 Å². The van der Waals surface area contributed by atoms with Crippen LogP contribution in [0.4, 0.5) is 11.4 Å². The first-order valence-electron chi connectivity index (χ1n) is 8.84. The molecule has 1 fully saturated rings. The Morgan fingerprint density at radius 2 is 1.97 bits per heavy atom. The summed E-state index contributed by atoms with van der Waals surface area (Å²) in [4.78, 5) is 48.1. The zero-order valence-electron chi connectivity index (χ0n) is 15.6. The highest BCUT2D eigenvalue weighted by Crippen LogP contribution is 2.29. The number of methoxy groups -OCH3 is 1. The topological polar surface area (TPSA) is 116 Å². The van der Waals surface area contributed by atoms with Crippen molar-refractivity contribution in [3.63, 3.8) is 0 Å². The van der Waals surface area contributed by atoms with Crippen LogP contribution >= 0.6 is 0 Å². The summed E-state index contributed by atoms with van der Waals surface area (Å²) in [5.41, 5.74) is 0.515. The maximum atomic E-state index is 12.5. The Balaban J connectivity index is 1.75. The lowest BCUT2D eigenvalue weighted by Crippen LogP contribution is -2.24. The van der Waals surface area contributed by atoms with Gasteiger partial charge in [0.1, 0.15) is 0 Å². The molecule has 0 aliphatic carbocycles. The summed E-state index contributed by atoms with van der Waals surface area (Å²) in [6.07, 6.45) is 1.25. The predicted octanol–water partition coefficient (Wildman–Crippen LogP) is 2.77. The number of nitrogens with zero attached hydrogens (tertiary/aromatic N) is 2. The molecule has 1 heterocycles. The number of carbonyl (C=O) groups excluding carboxylic acids is 3. The number of anilines is 1. The summed E-state index contributed by atoms with van der Waals surface area (Å²) >= 11 is 0. The van der Waals surface area contributed by atoms with E-state index >= 15 is 0 Å². The summed E-state index contributed by atoms with van der Waals surface area (Å²) in [6.45, 7) is 0.168. The first-order valence-corrected chi connectivity index (χ1v) is 8.84. The van der Waals surface area contributed by atoms with E-state index in [9.17, 15) is 24.5 Å². The normalized spacial score (nSPS) is 13.3. The molecule has 1 saturated heterocycles. The Labute approximate surface area is 166 Å². The standard InChI is InChI=1S/C20H18N2O7/c1-28-20(25)14-7-8-18(16(11-14)22(26)27)29-12-17(23)13-4-2-5-15(10-13)21-9-3-6-19(21)24/h2,4-5,7-8,10-11H,3,6,9,12H2,1H3. The van der Waals surface area contributed by atoms with E-state index in [1.165, 1.54) is 19.2 Å². The van der Waals surface area contributed by atoms with Crippen LogP contribution in [-0.2, 0) is 9.53 Å². The molecule has 3 rings (SSSR count). The van der Waals surface area contributed by atoms with Gasteiger partial charge < -0.3 is 14.4 Å². The highest BCUT2D eigenvalue weighted by molar-refractivity contribution is 6.00. The fraction of sp³-hybridized carbons (Fsp3) is 0.250. The van der Waals surface area contributed by atoms with Gasteiger partial charge in [0.25, 0.3) is 0 Å². The average molecular weight is 398 g/mol. The molecule has 0 saturated carbocycles. The second-order valence-corrected chi connectivity index (χ2v) is 6.34. The van der Waals surface area contributed by atoms with Gasteiger partial charge in [0.05, 0.1) is 17.6 Å². The summed E-state index contributed by atoms with van der Waals surface area (Å²) in [5, 5.41) is 11.3. The number of rotatable bonds is 7. The minimum absolute atomic E-state index is 0.000794. The Morgan fingerprint density at radius 3 is 2.62 bits per heavy atom. The minimum Gasteiger partial charge on any atom is -0.478 e. The van der Waals surface area contributed by atoms with E-state index in [1.807, 2.05) is 0 Å². The third-order valence-electron chi connectivity index (χ3n) is 4.49. The molecule has 0 bridgehead atoms. The van der Waals surface area contributed by atoms with Gasteiger partial charge in [-0.25, -0.2) is 4.79 Å². The number of ketones is 1. The molecule has 0 N–H and O–H groups in total. The highest BCUT2D eigenvalue weighted by Gasteiger charge is 2.23. The number of ether oxygens (including phenoxy) is 2. The van der Waals surface area contributed by atoms with E-state index in [1.54, 1.807) is 29.2 Å². The van der Waals surface area contributed by atoms with Crippen LogP contribution in [0.25, 0.3) is 0 Å². The van der Waals surface area contributed by atoms with E-state index in [-0.39, 0.29) is 17.2 Å². The van der Waals surface area contributed by atoms with Crippen molar-refractivity contribution >= 4 is 29.0 Å². The van der Waals surface area contributed by atoms with Crippen LogP contribution in [0.2, 0.25) is 0 Å². The number of amides is 1. The Kier molecular flexibility index (Phi) is 5.87. The van der Waals surface area contributed by atoms with Crippen molar-refractivity contribution in [1.29, 1.82) is 0 Å². The van der Waals surface area contributed by atoms with Crippen molar-refractivity contribution < 1.29 is 28.8 Å². The molecule has 9 heteroatoms. The van der Waals surface area contributed by atoms with Gasteiger partial charge in [0.2, 0.25) is 5.91 Å². The molecule has 0 unspecified atom stereocenters. The van der Waals surface area contributed by atoms with E-state index in [0.717, 1.165) is 12.5 Å². The molecule has 1 aliphatic heterocycles. The van der Waals surface area contributed by atoms with Gasteiger partial charge in [-0.2, -0.15) is 0 Å². The molecule has 1 amide bonds. The third kappa shape index (κ3) is 4.40. The SMILES string of the molecule is COC(=O)c1ccc(OCC(=O)c2cccc(N3CCCC3=O)c2)c([N+](=O)[O-])c1. The van der Waals surface area contributed by atoms with Gasteiger partial charge in [-0.1, -0.05) is 12.1 Å². The lowest BCUT2D eigenvalue weighted by molar-refractivity contribution is -0.385. The van der Waals surface area contributed by atoms with Crippen LogP contribution in [0.5, 0.6) is 5.75 Å². The molecule has 150 valence electrons. The number of Topliss-reactive ketones (excluding diaryl/α,β-unsaturated/α-hetero) is 1. The summed E-state index contributed by atoms with van der Waals surface area (Å²) < 4.78 is 9.89. The van der Waals surface area contributed by atoms with E-state index in [0.29, 0.717) is 24.2 Å². The van der Waals surface area contributed by atoms with Crippen LogP contribution in [0.3, 0.4) is 0 Å². The van der Waals surface area contributed by atoms with E-state index < -0.39 is 29.0 Å². The van der Waals surface area contributed by atoms with Gasteiger partial charge in [0, 0.05) is 30.3 Å². The molecule has 0 spiro atoms. The number of esters is 1. The summed E-state index contributed by atoms with van der Waals surface area (Å²) in [7, 11) is 1.17. The van der Waals surface area contributed by atoms with Crippen LogP contribution in [0.15, 0.2) is 42.5 Å². The van der Waals surface area contributed by atoms with Crippen molar-refractivity contribution in [3.05, 3.63) is 63.7 Å². The monoisotopic (exact) mass is 398 g/mol. The van der Waals surface area contributed by atoms with E-state index in [2.05, 4.69) is 4.74 Å². The molecule has 0 aromatic heterocycles. The van der Waals surface area contributed by atoms with Gasteiger partial charge in [-0.3, -0.25) is 19.7 Å². The van der Waals surface area contributed by atoms with Crippen LogP contribution in [0, 0.1) is 10.1 Å².